The molecule has 0 aliphatic carbocycles. The lowest BCUT2D eigenvalue weighted by atomic mass is 9.99. The maximum absolute atomic E-state index is 12.9. The van der Waals surface area contributed by atoms with Gasteiger partial charge in [0.25, 0.3) is 0 Å². The number of ether oxygens (including phenoxy) is 4. The summed E-state index contributed by atoms with van der Waals surface area (Å²) in [5.74, 6) is -0.312. The van der Waals surface area contributed by atoms with Crippen molar-refractivity contribution in [3.63, 3.8) is 0 Å². The molecule has 1 aliphatic rings. The van der Waals surface area contributed by atoms with Crippen LogP contribution in [-0.4, -0.2) is 89.6 Å². The van der Waals surface area contributed by atoms with E-state index in [0.717, 1.165) is 57.8 Å². The Kier molecular flexibility index (Phi) is 45.4. The number of esters is 1. The number of aliphatic hydroxyl groups excluding tert-OH is 4. The third-order valence-electron chi connectivity index (χ3n) is 12.8. The first-order chi connectivity index (χ1) is 32.4. The first-order valence-electron chi connectivity index (χ1n) is 27.7. The van der Waals surface area contributed by atoms with Crippen LogP contribution in [0, 0.1) is 0 Å². The SMILES string of the molecule is CC/C=C\C/C=C\C/C=C\C/C=C\CCCCCCCCCCCCCCC(=O)OC(COCCCCCCCCCCCCCCCCCCCC)COC1OC(CO)C(O)C(O)C1O. The van der Waals surface area contributed by atoms with Crippen molar-refractivity contribution in [3.8, 4) is 0 Å². The predicted octanol–water partition coefficient (Wildman–Crippen LogP) is 14.0. The Hall–Kier alpha value is -1.85. The van der Waals surface area contributed by atoms with Gasteiger partial charge in [-0.05, 0) is 51.4 Å². The molecular weight excluding hydrogens is 829 g/mol. The molecule has 66 heavy (non-hydrogen) atoms. The van der Waals surface area contributed by atoms with E-state index in [1.54, 1.807) is 0 Å². The summed E-state index contributed by atoms with van der Waals surface area (Å²) >= 11 is 0. The van der Waals surface area contributed by atoms with Crippen molar-refractivity contribution in [3.05, 3.63) is 48.6 Å². The zero-order valence-corrected chi connectivity index (χ0v) is 42.7. The van der Waals surface area contributed by atoms with Crippen LogP contribution in [0.2, 0.25) is 0 Å². The van der Waals surface area contributed by atoms with Gasteiger partial charge < -0.3 is 39.4 Å². The minimum Gasteiger partial charge on any atom is -0.457 e. The third kappa shape index (κ3) is 38.1. The van der Waals surface area contributed by atoms with E-state index in [-0.39, 0.29) is 19.2 Å². The Morgan fingerprint density at radius 1 is 0.500 bits per heavy atom. The molecule has 0 radical (unpaired) electrons. The monoisotopic (exact) mass is 933 g/mol. The molecule has 0 aromatic carbocycles. The second-order valence-electron chi connectivity index (χ2n) is 19.0. The Bertz CT molecular complexity index is 1150. The molecule has 1 aliphatic heterocycles. The number of hydrogen-bond donors (Lipinski definition) is 4. The largest absolute Gasteiger partial charge is 0.457 e. The number of aliphatic hydroxyl groups is 4. The summed E-state index contributed by atoms with van der Waals surface area (Å²) in [6.45, 7) is 4.49. The molecule has 1 fully saturated rings. The smallest absolute Gasteiger partial charge is 0.306 e. The lowest BCUT2D eigenvalue weighted by molar-refractivity contribution is -0.305. The summed E-state index contributed by atoms with van der Waals surface area (Å²) in [5.41, 5.74) is 0. The molecule has 0 bridgehead atoms. The van der Waals surface area contributed by atoms with Gasteiger partial charge in [-0.15, -0.1) is 0 Å². The van der Waals surface area contributed by atoms with Crippen LogP contribution in [0.3, 0.4) is 0 Å². The molecule has 4 N–H and O–H groups in total. The molecule has 0 aromatic heterocycles. The van der Waals surface area contributed by atoms with Gasteiger partial charge >= 0.3 is 5.97 Å². The summed E-state index contributed by atoms with van der Waals surface area (Å²) in [4.78, 5) is 12.9. The summed E-state index contributed by atoms with van der Waals surface area (Å²) in [6, 6.07) is 0. The topological polar surface area (TPSA) is 135 Å². The molecule has 0 spiro atoms. The highest BCUT2D eigenvalue weighted by Gasteiger charge is 2.44. The van der Waals surface area contributed by atoms with E-state index in [1.807, 2.05) is 0 Å². The number of allylic oxidation sites excluding steroid dienone is 8. The average Bonchev–Trinajstić information content (AvgIpc) is 3.32. The highest BCUT2D eigenvalue weighted by molar-refractivity contribution is 5.69. The highest BCUT2D eigenvalue weighted by atomic mass is 16.7. The van der Waals surface area contributed by atoms with E-state index in [1.165, 1.54) is 167 Å². The number of carbonyl (C=O) groups excluding carboxylic acids is 1. The Balaban J connectivity index is 2.16. The van der Waals surface area contributed by atoms with Gasteiger partial charge in [-0.1, -0.05) is 236 Å². The van der Waals surface area contributed by atoms with Crippen LogP contribution < -0.4 is 0 Å². The van der Waals surface area contributed by atoms with Crippen LogP contribution in [-0.2, 0) is 23.7 Å². The fourth-order valence-corrected chi connectivity index (χ4v) is 8.49. The van der Waals surface area contributed by atoms with Crippen molar-refractivity contribution in [2.45, 2.75) is 282 Å². The van der Waals surface area contributed by atoms with E-state index in [4.69, 9.17) is 18.9 Å². The minimum atomic E-state index is -1.54. The molecule has 1 saturated heterocycles. The summed E-state index contributed by atoms with van der Waals surface area (Å²) in [6.07, 6.45) is 54.4. The molecule has 6 unspecified atom stereocenters. The summed E-state index contributed by atoms with van der Waals surface area (Å²) in [7, 11) is 0. The van der Waals surface area contributed by atoms with Gasteiger partial charge in [0.2, 0.25) is 0 Å². The Morgan fingerprint density at radius 3 is 1.39 bits per heavy atom. The molecule has 9 nitrogen and oxygen atoms in total. The van der Waals surface area contributed by atoms with Crippen LogP contribution >= 0.6 is 0 Å². The van der Waals surface area contributed by atoms with Crippen LogP contribution in [0.5, 0.6) is 0 Å². The van der Waals surface area contributed by atoms with Gasteiger partial charge in [-0.25, -0.2) is 0 Å². The van der Waals surface area contributed by atoms with Crippen LogP contribution in [0.1, 0.15) is 245 Å². The lowest BCUT2D eigenvalue weighted by Gasteiger charge is -2.39. The van der Waals surface area contributed by atoms with Gasteiger partial charge in [0.15, 0.2) is 6.29 Å². The number of unbranched alkanes of at least 4 members (excludes halogenated alkanes) is 29. The molecule has 0 saturated carbocycles. The summed E-state index contributed by atoms with van der Waals surface area (Å²) < 4.78 is 23.0. The maximum Gasteiger partial charge on any atom is 0.306 e. The highest BCUT2D eigenvalue weighted by Crippen LogP contribution is 2.23. The van der Waals surface area contributed by atoms with Gasteiger partial charge in [0.05, 0.1) is 19.8 Å². The Labute approximate surface area is 405 Å². The van der Waals surface area contributed by atoms with Crippen molar-refractivity contribution in [2.75, 3.05) is 26.4 Å². The molecular formula is C57H104O9. The van der Waals surface area contributed by atoms with Crippen molar-refractivity contribution in [1.29, 1.82) is 0 Å². The van der Waals surface area contributed by atoms with E-state index in [0.29, 0.717) is 13.0 Å². The quantitative estimate of drug-likeness (QED) is 0.0267. The first kappa shape index (κ1) is 62.2. The van der Waals surface area contributed by atoms with Crippen LogP contribution in [0.25, 0.3) is 0 Å². The van der Waals surface area contributed by atoms with Crippen LogP contribution in [0.4, 0.5) is 0 Å². The molecule has 0 amide bonds. The second kappa shape index (κ2) is 48.2. The Morgan fingerprint density at radius 2 is 0.924 bits per heavy atom. The minimum absolute atomic E-state index is 0.112. The number of carbonyl (C=O) groups is 1. The van der Waals surface area contributed by atoms with E-state index in [2.05, 4.69) is 62.5 Å². The van der Waals surface area contributed by atoms with Crippen molar-refractivity contribution in [1.82, 2.24) is 0 Å². The molecule has 386 valence electrons. The average molecular weight is 933 g/mol. The zero-order valence-electron chi connectivity index (χ0n) is 42.7. The van der Waals surface area contributed by atoms with Gasteiger partial charge in [-0.2, -0.15) is 0 Å². The number of rotatable bonds is 48. The van der Waals surface area contributed by atoms with E-state index >= 15 is 0 Å². The van der Waals surface area contributed by atoms with Gasteiger partial charge in [0.1, 0.15) is 30.5 Å². The van der Waals surface area contributed by atoms with Crippen molar-refractivity contribution in [2.24, 2.45) is 0 Å². The fourth-order valence-electron chi connectivity index (χ4n) is 8.49. The number of hydrogen-bond acceptors (Lipinski definition) is 9. The maximum atomic E-state index is 12.9. The van der Waals surface area contributed by atoms with E-state index in [9.17, 15) is 25.2 Å². The van der Waals surface area contributed by atoms with Crippen molar-refractivity contribution < 1.29 is 44.2 Å². The first-order valence-corrected chi connectivity index (χ1v) is 27.7. The normalized spacial score (nSPS) is 19.6. The molecule has 0 aromatic rings. The van der Waals surface area contributed by atoms with Crippen LogP contribution in [0.15, 0.2) is 48.6 Å². The predicted molar refractivity (Wildman–Crippen MR) is 275 cm³/mol. The second-order valence-corrected chi connectivity index (χ2v) is 19.0. The lowest BCUT2D eigenvalue weighted by Crippen LogP contribution is -2.59. The molecule has 1 heterocycles. The zero-order chi connectivity index (χ0) is 47.8. The van der Waals surface area contributed by atoms with Gasteiger partial charge in [-0.3, -0.25) is 4.79 Å². The standard InChI is InChI=1S/C57H104O9/c1-3-5-7-9-11-13-15-17-19-21-23-24-25-26-27-28-29-30-32-34-36-38-40-42-44-46-53(59)65-51(50-64-57-56(62)55(61)54(60)52(48-58)66-57)49-63-47-45-43-41-39-37-35-33-31-22-20-18-16-14-12-10-8-6-4-2/h5,7,11,13,17,19,23-24,51-52,54-58,60-62H,3-4,6,8-10,12,14-16,18,20-22,25-50H2,1-2H3/b7-5-,13-11-,19-17-,24-23-. The summed E-state index contributed by atoms with van der Waals surface area (Å²) in [5, 5.41) is 40.3. The van der Waals surface area contributed by atoms with Gasteiger partial charge in [0, 0.05) is 13.0 Å². The molecule has 6 atom stereocenters. The van der Waals surface area contributed by atoms with E-state index < -0.39 is 43.4 Å². The van der Waals surface area contributed by atoms with Crippen molar-refractivity contribution >= 4 is 5.97 Å². The fraction of sp³-hybridized carbons (Fsp3) is 0.842. The molecule has 9 heteroatoms. The molecule has 1 rings (SSSR count). The third-order valence-corrected chi connectivity index (χ3v) is 12.8.